The van der Waals surface area contributed by atoms with Gasteiger partial charge in [0.05, 0.1) is 0 Å². The van der Waals surface area contributed by atoms with Gasteiger partial charge < -0.3 is 14.0 Å². The molecule has 156 valence electrons. The van der Waals surface area contributed by atoms with E-state index in [0.29, 0.717) is 44.1 Å². The first-order chi connectivity index (χ1) is 13.9. The second-order valence-electron chi connectivity index (χ2n) is 7.94. The maximum atomic E-state index is 13.2. The molecular formula is C21H27N3O4S. The van der Waals surface area contributed by atoms with Crippen molar-refractivity contribution in [1.29, 1.82) is 0 Å². The van der Waals surface area contributed by atoms with Crippen LogP contribution in [0, 0.1) is 13.8 Å². The molecule has 2 fully saturated rings. The molecule has 2 saturated heterocycles. The van der Waals surface area contributed by atoms with Crippen molar-refractivity contribution in [2.45, 2.75) is 56.4 Å². The lowest BCUT2D eigenvalue weighted by Crippen LogP contribution is -2.51. The molecule has 2 atom stereocenters. The van der Waals surface area contributed by atoms with E-state index < -0.39 is 16.4 Å². The molecule has 0 spiro atoms. The summed E-state index contributed by atoms with van der Waals surface area (Å²) in [6.45, 7) is 4.88. The first-order valence-corrected chi connectivity index (χ1v) is 11.6. The van der Waals surface area contributed by atoms with Crippen molar-refractivity contribution in [3.05, 3.63) is 47.3 Å². The van der Waals surface area contributed by atoms with Gasteiger partial charge in [-0.05, 0) is 44.1 Å². The van der Waals surface area contributed by atoms with Crippen molar-refractivity contribution in [1.82, 2.24) is 14.4 Å². The van der Waals surface area contributed by atoms with Crippen LogP contribution in [0.1, 0.15) is 48.6 Å². The van der Waals surface area contributed by atoms with Crippen molar-refractivity contribution in [2.75, 3.05) is 19.6 Å². The quantitative estimate of drug-likeness (QED) is 0.713. The zero-order chi connectivity index (χ0) is 20.6. The number of benzene rings is 1. The van der Waals surface area contributed by atoms with Gasteiger partial charge in [-0.15, -0.1) is 4.31 Å². The van der Waals surface area contributed by atoms with Crippen molar-refractivity contribution in [2.24, 2.45) is 0 Å². The maximum Gasteiger partial charge on any atom is 0.244 e. The number of hydrogen-bond donors (Lipinski definition) is 0. The van der Waals surface area contributed by atoms with Crippen molar-refractivity contribution < 1.29 is 18.1 Å². The van der Waals surface area contributed by atoms with Crippen LogP contribution in [0.5, 0.6) is 0 Å². The maximum absolute atomic E-state index is 13.2. The highest BCUT2D eigenvalue weighted by molar-refractivity contribution is 7.95. The predicted molar refractivity (Wildman–Crippen MR) is 108 cm³/mol. The molecule has 29 heavy (non-hydrogen) atoms. The molecule has 1 amide bonds. The van der Waals surface area contributed by atoms with Crippen LogP contribution in [-0.2, 0) is 19.4 Å². The number of carbonyl (C=O) groups is 1. The average Bonchev–Trinajstić information content (AvgIpc) is 3.35. The van der Waals surface area contributed by atoms with E-state index in [1.165, 1.54) is 9.87 Å². The molecule has 3 heterocycles. The number of carbonyl (C=O) groups excluding carboxylic acids is 1. The highest BCUT2D eigenvalue weighted by Crippen LogP contribution is 2.35. The van der Waals surface area contributed by atoms with Crippen LogP contribution in [0.3, 0.4) is 0 Å². The van der Waals surface area contributed by atoms with E-state index in [1.54, 1.807) is 13.8 Å². The number of sulfonamides is 1. The van der Waals surface area contributed by atoms with E-state index in [4.69, 9.17) is 4.52 Å². The second-order valence-corrected chi connectivity index (χ2v) is 9.76. The number of amides is 1. The van der Waals surface area contributed by atoms with Crippen LogP contribution >= 0.6 is 0 Å². The molecule has 8 heteroatoms. The average molecular weight is 418 g/mol. The van der Waals surface area contributed by atoms with Crippen LogP contribution in [0.15, 0.2) is 39.8 Å². The molecule has 2 aromatic rings. The van der Waals surface area contributed by atoms with Gasteiger partial charge in [0, 0.05) is 26.6 Å². The van der Waals surface area contributed by atoms with Gasteiger partial charge in [-0.25, -0.2) is 0 Å². The lowest BCUT2D eigenvalue weighted by molar-refractivity contribution is -0.135. The fourth-order valence-corrected chi connectivity index (χ4v) is 6.55. The molecule has 1 aromatic carbocycles. The van der Waals surface area contributed by atoms with Crippen LogP contribution < -0.4 is 0 Å². The molecule has 0 N–H and O–H groups in total. The molecule has 0 radical (unpaired) electrons. The Balaban J connectivity index is 1.47. The molecular weight excluding hydrogens is 390 g/mol. The molecule has 0 bridgehead atoms. The number of hydrogen-bond acceptors (Lipinski definition) is 5. The van der Waals surface area contributed by atoms with E-state index in [2.05, 4.69) is 17.3 Å². The number of likely N-dealkylation sites (tertiary alicyclic amines) is 1. The third-order valence-corrected chi connectivity index (χ3v) is 8.25. The van der Waals surface area contributed by atoms with Gasteiger partial charge in [-0.1, -0.05) is 39.7 Å². The van der Waals surface area contributed by atoms with Crippen molar-refractivity contribution >= 4 is 16.3 Å². The summed E-state index contributed by atoms with van der Waals surface area (Å²) < 4.78 is 32.9. The Morgan fingerprint density at radius 1 is 1.14 bits per heavy atom. The number of rotatable bonds is 4. The van der Waals surface area contributed by atoms with Crippen molar-refractivity contribution in [3.63, 3.8) is 0 Å². The zero-order valence-electron chi connectivity index (χ0n) is 16.9. The minimum atomic E-state index is -3.81. The lowest BCUT2D eigenvalue weighted by atomic mass is 9.89. The van der Waals surface area contributed by atoms with Gasteiger partial charge in [0.25, 0.3) is 0 Å². The first kappa shape index (κ1) is 20.3. The Kier molecular flexibility index (Phi) is 5.59. The Bertz CT molecular complexity index is 902. The molecule has 1 aromatic heterocycles. The normalized spacial score (nSPS) is 23.3. The largest absolute Gasteiger partial charge is 0.593 e. The van der Waals surface area contributed by atoms with Gasteiger partial charge in [0.15, 0.2) is 16.2 Å². The third-order valence-electron chi connectivity index (χ3n) is 6.10. The Labute approximate surface area is 172 Å². The van der Waals surface area contributed by atoms with Crippen LogP contribution in [0.4, 0.5) is 0 Å². The van der Waals surface area contributed by atoms with E-state index in [1.807, 2.05) is 23.1 Å². The van der Waals surface area contributed by atoms with Crippen molar-refractivity contribution in [3.8, 4) is 0 Å². The summed E-state index contributed by atoms with van der Waals surface area (Å²) >= 11 is 0. The number of nitrogens with zero attached hydrogens (tertiary/aromatic N) is 3. The molecule has 4 rings (SSSR count). The molecule has 0 aliphatic carbocycles. The molecule has 0 saturated carbocycles. The summed E-state index contributed by atoms with van der Waals surface area (Å²) in [5.41, 5.74) is 1.65. The highest BCUT2D eigenvalue weighted by Gasteiger charge is 2.47. The lowest BCUT2D eigenvalue weighted by Gasteiger charge is -2.36. The number of aryl methyl sites for hydroxylation is 2. The van der Waals surface area contributed by atoms with E-state index in [0.717, 1.165) is 12.8 Å². The molecule has 7 nitrogen and oxygen atoms in total. The summed E-state index contributed by atoms with van der Waals surface area (Å²) in [5.74, 6) is 0.639. The fourth-order valence-electron chi connectivity index (χ4n) is 4.60. The number of piperidine rings is 1. The first-order valence-electron chi connectivity index (χ1n) is 10.2. The fraction of sp³-hybridized carbons (Fsp3) is 0.524. The summed E-state index contributed by atoms with van der Waals surface area (Å²) in [7, 11) is -3.81. The van der Waals surface area contributed by atoms with E-state index in [9.17, 15) is 13.6 Å². The Morgan fingerprint density at radius 3 is 2.45 bits per heavy atom. The smallest absolute Gasteiger partial charge is 0.244 e. The summed E-state index contributed by atoms with van der Waals surface area (Å²) in [4.78, 5) is 15.2. The Hall–Kier alpha value is -2.03. The summed E-state index contributed by atoms with van der Waals surface area (Å²) in [6, 6.07) is 9.73. The standard InChI is InChI=1S/C21H27N3O4S/c1-15-20(16(2)28-22-15)29(26,27)24-12-6-9-19(24)21(25)23-13-10-18(11-14-23)17-7-4-3-5-8-17/h3-5,7-8,18-19H,6,9-14H2,1-2H3. The predicted octanol–water partition coefficient (Wildman–Crippen LogP) is 3.07. The van der Waals surface area contributed by atoms with Crippen LogP contribution in [0.25, 0.3) is 0 Å². The van der Waals surface area contributed by atoms with Gasteiger partial charge >= 0.3 is 0 Å². The SMILES string of the molecule is Cc1noc(C)c1[S+](=O)([O-])N1CCCC1C(=O)N1CCC(c2ccccc2)CC1. The van der Waals surface area contributed by atoms with Gasteiger partial charge in [0.2, 0.25) is 10.8 Å². The van der Waals surface area contributed by atoms with Crippen LogP contribution in [0.2, 0.25) is 0 Å². The minimum absolute atomic E-state index is 0.0793. The summed E-state index contributed by atoms with van der Waals surface area (Å²) in [6.07, 6.45) is 3.04. The zero-order valence-corrected chi connectivity index (χ0v) is 17.7. The van der Waals surface area contributed by atoms with Gasteiger partial charge in [0.1, 0.15) is 11.7 Å². The highest BCUT2D eigenvalue weighted by atomic mass is 32.3. The molecule has 2 aliphatic rings. The summed E-state index contributed by atoms with van der Waals surface area (Å²) in [5, 5.41) is 3.77. The van der Waals surface area contributed by atoms with E-state index in [-0.39, 0.29) is 16.6 Å². The molecule has 2 aliphatic heterocycles. The van der Waals surface area contributed by atoms with Gasteiger partial charge in [-0.3, -0.25) is 4.79 Å². The number of aromatic nitrogens is 1. The minimum Gasteiger partial charge on any atom is -0.593 e. The molecule has 2 unspecified atom stereocenters. The topological polar surface area (TPSA) is 89.7 Å². The van der Waals surface area contributed by atoms with E-state index >= 15 is 0 Å². The Morgan fingerprint density at radius 2 is 1.83 bits per heavy atom. The third kappa shape index (κ3) is 3.76. The van der Waals surface area contributed by atoms with Crippen LogP contribution in [-0.4, -0.2) is 50.5 Å². The second kappa shape index (κ2) is 8.01. The van der Waals surface area contributed by atoms with Gasteiger partial charge in [-0.2, -0.15) is 0 Å². The monoisotopic (exact) mass is 417 g/mol.